The van der Waals surface area contributed by atoms with E-state index in [1.165, 1.54) is 17.0 Å². The third kappa shape index (κ3) is 5.73. The Kier molecular flexibility index (Phi) is 6.33. The van der Waals surface area contributed by atoms with Gasteiger partial charge in [0.05, 0.1) is 6.04 Å². The Morgan fingerprint density at radius 2 is 1.70 bits per heavy atom. The van der Waals surface area contributed by atoms with E-state index in [1.54, 1.807) is 24.4 Å². The van der Waals surface area contributed by atoms with Crippen molar-refractivity contribution < 1.29 is 26.7 Å². The Balaban J connectivity index is 1.43. The minimum absolute atomic E-state index is 0.0304. The van der Waals surface area contributed by atoms with Gasteiger partial charge in [-0.1, -0.05) is 12.1 Å². The second-order valence-electron chi connectivity index (χ2n) is 8.89. The van der Waals surface area contributed by atoms with Crippen molar-refractivity contribution in [2.45, 2.75) is 49.9 Å². The van der Waals surface area contributed by atoms with Crippen LogP contribution in [0.3, 0.4) is 0 Å². The number of nitrogens with zero attached hydrogens (tertiary/aromatic N) is 6. The van der Waals surface area contributed by atoms with Crippen LogP contribution >= 0.6 is 0 Å². The van der Waals surface area contributed by atoms with Crippen LogP contribution in [0.5, 0.6) is 0 Å². The summed E-state index contributed by atoms with van der Waals surface area (Å²) in [6, 6.07) is 7.41. The molecular weight excluding hydrogens is 499 g/mol. The zero-order valence-electron chi connectivity index (χ0n) is 19.2. The van der Waals surface area contributed by atoms with Crippen molar-refractivity contribution in [2.24, 2.45) is 0 Å². The van der Waals surface area contributed by atoms with Gasteiger partial charge in [-0.05, 0) is 30.7 Å². The average molecular weight is 520 g/mol. The summed E-state index contributed by atoms with van der Waals surface area (Å²) in [7, 11) is 0. The van der Waals surface area contributed by atoms with E-state index < -0.39 is 36.3 Å². The molecular formula is C23H21F5N8O. The quantitative estimate of drug-likeness (QED) is 0.467. The second-order valence-corrected chi connectivity index (χ2v) is 8.89. The molecule has 1 saturated heterocycles. The Labute approximate surface area is 207 Å². The summed E-state index contributed by atoms with van der Waals surface area (Å²) in [6.07, 6.45) is -3.56. The molecule has 0 radical (unpaired) electrons. The first-order chi connectivity index (χ1) is 17.6. The van der Waals surface area contributed by atoms with E-state index in [0.29, 0.717) is 5.82 Å². The van der Waals surface area contributed by atoms with Gasteiger partial charge in [0.2, 0.25) is 23.7 Å². The minimum Gasteiger partial charge on any atom is -0.351 e. The number of anilines is 3. The molecule has 3 aromatic rings. The van der Waals surface area contributed by atoms with Crippen LogP contribution in [0.4, 0.5) is 39.7 Å². The van der Waals surface area contributed by atoms with Crippen molar-refractivity contribution in [3.63, 3.8) is 0 Å². The molecule has 194 valence electrons. The fourth-order valence-corrected chi connectivity index (χ4v) is 4.31. The molecule has 0 bridgehead atoms. The van der Waals surface area contributed by atoms with Crippen molar-refractivity contribution in [1.29, 1.82) is 0 Å². The van der Waals surface area contributed by atoms with Gasteiger partial charge in [-0.3, -0.25) is 9.69 Å². The molecule has 1 aliphatic carbocycles. The van der Waals surface area contributed by atoms with Gasteiger partial charge in [0, 0.05) is 38.0 Å². The number of aromatic nitrogens is 5. The fourth-order valence-electron chi connectivity index (χ4n) is 4.31. The Morgan fingerprint density at radius 3 is 2.35 bits per heavy atom. The average Bonchev–Trinajstić information content (AvgIpc) is 3.39. The van der Waals surface area contributed by atoms with Crippen molar-refractivity contribution in [3.05, 3.63) is 48.3 Å². The third-order valence-electron chi connectivity index (χ3n) is 6.02. The number of hydrogen-bond donors (Lipinski definition) is 2. The molecule has 4 heterocycles. The minimum atomic E-state index is -4.68. The predicted molar refractivity (Wildman–Crippen MR) is 123 cm³/mol. The molecule has 2 unspecified atom stereocenters. The van der Waals surface area contributed by atoms with Crippen LogP contribution in [0.1, 0.15) is 31.4 Å². The number of carbonyl (C=O) groups is 1. The predicted octanol–water partition coefficient (Wildman–Crippen LogP) is 4.16. The number of rotatable bonds is 6. The number of hydrogen-bond acceptors (Lipinski definition) is 8. The molecule has 3 aromatic heterocycles. The second kappa shape index (κ2) is 9.48. The van der Waals surface area contributed by atoms with Crippen LogP contribution in [0.2, 0.25) is 0 Å². The van der Waals surface area contributed by atoms with Crippen molar-refractivity contribution in [2.75, 3.05) is 22.1 Å². The summed E-state index contributed by atoms with van der Waals surface area (Å²) >= 11 is 0. The number of amides is 1. The van der Waals surface area contributed by atoms with Gasteiger partial charge in [-0.2, -0.15) is 28.1 Å². The van der Waals surface area contributed by atoms with Gasteiger partial charge in [0.15, 0.2) is 5.82 Å². The topological polar surface area (TPSA) is 109 Å². The zero-order chi connectivity index (χ0) is 26.2. The van der Waals surface area contributed by atoms with Gasteiger partial charge < -0.3 is 10.6 Å². The van der Waals surface area contributed by atoms with Crippen LogP contribution in [0.25, 0.3) is 11.5 Å². The molecule has 37 heavy (non-hydrogen) atoms. The molecule has 5 rings (SSSR count). The molecule has 2 aliphatic rings. The highest BCUT2D eigenvalue weighted by Crippen LogP contribution is 2.36. The van der Waals surface area contributed by atoms with E-state index >= 15 is 0 Å². The molecule has 2 N–H and O–H groups in total. The highest BCUT2D eigenvalue weighted by molar-refractivity contribution is 5.95. The van der Waals surface area contributed by atoms with Crippen LogP contribution in [0.15, 0.2) is 42.6 Å². The first kappa shape index (κ1) is 24.7. The van der Waals surface area contributed by atoms with Crippen molar-refractivity contribution in [3.8, 4) is 11.5 Å². The lowest BCUT2D eigenvalue weighted by Gasteiger charge is -2.17. The van der Waals surface area contributed by atoms with Gasteiger partial charge >= 0.3 is 6.18 Å². The number of alkyl halides is 5. The van der Waals surface area contributed by atoms with Crippen LogP contribution < -0.4 is 15.5 Å². The van der Waals surface area contributed by atoms with E-state index in [1.807, 2.05) is 0 Å². The van der Waals surface area contributed by atoms with Gasteiger partial charge in [-0.25, -0.2) is 18.7 Å². The number of pyridine rings is 2. The first-order valence-electron chi connectivity index (χ1n) is 11.5. The Bertz CT molecular complexity index is 1290. The normalized spacial score (nSPS) is 21.3. The van der Waals surface area contributed by atoms with Gasteiger partial charge in [0.1, 0.15) is 17.2 Å². The lowest BCUT2D eigenvalue weighted by Crippen LogP contribution is -2.29. The smallest absolute Gasteiger partial charge is 0.351 e. The maximum Gasteiger partial charge on any atom is 0.433 e. The Hall–Kier alpha value is -3.97. The lowest BCUT2D eigenvalue weighted by molar-refractivity contribution is -0.141. The van der Waals surface area contributed by atoms with Crippen LogP contribution in [-0.4, -0.2) is 55.4 Å². The van der Waals surface area contributed by atoms with Crippen molar-refractivity contribution in [1.82, 2.24) is 24.9 Å². The summed E-state index contributed by atoms with van der Waals surface area (Å²) in [6.45, 7) is 0.246. The maximum atomic E-state index is 13.7. The molecule has 1 saturated carbocycles. The molecule has 2 fully saturated rings. The number of carbonyl (C=O) groups excluding carboxylic acids is 1. The van der Waals surface area contributed by atoms with E-state index in [9.17, 15) is 26.7 Å². The molecule has 9 nitrogen and oxygen atoms in total. The van der Waals surface area contributed by atoms with Crippen LogP contribution in [-0.2, 0) is 11.0 Å². The summed E-state index contributed by atoms with van der Waals surface area (Å²) in [4.78, 5) is 34.5. The largest absolute Gasteiger partial charge is 0.433 e. The number of nitrogens with one attached hydrogen (secondary N) is 2. The standard InChI is InChI=1S/C23H21F5N8O/c24-22(25)8-7-13(11-22)30-20-33-19(15-4-3-5-16(32-15)23(26,27)28)34-21(35-20)31-14-10-18(37)36(12-14)17-6-1-2-9-29-17/h1-6,9,13-14H,7-8,10-12H2,(H2,30,31,33,34,35). The van der Waals surface area contributed by atoms with Gasteiger partial charge in [0.25, 0.3) is 0 Å². The first-order valence-corrected chi connectivity index (χ1v) is 11.5. The molecule has 14 heteroatoms. The van der Waals surface area contributed by atoms with E-state index in [-0.39, 0.29) is 55.1 Å². The highest BCUT2D eigenvalue weighted by atomic mass is 19.4. The summed E-state index contributed by atoms with van der Waals surface area (Å²) in [5.41, 5.74) is -1.30. The zero-order valence-corrected chi connectivity index (χ0v) is 19.2. The Morgan fingerprint density at radius 1 is 0.946 bits per heavy atom. The monoisotopic (exact) mass is 520 g/mol. The number of halogens is 5. The van der Waals surface area contributed by atoms with E-state index in [0.717, 1.165) is 6.07 Å². The van der Waals surface area contributed by atoms with E-state index in [2.05, 4.69) is 35.6 Å². The third-order valence-corrected chi connectivity index (χ3v) is 6.02. The summed E-state index contributed by atoms with van der Waals surface area (Å²) in [5.74, 6) is -2.82. The molecule has 0 aromatic carbocycles. The highest BCUT2D eigenvalue weighted by Gasteiger charge is 2.40. The van der Waals surface area contributed by atoms with E-state index in [4.69, 9.17) is 0 Å². The molecule has 0 spiro atoms. The fraction of sp³-hybridized carbons (Fsp3) is 0.391. The summed E-state index contributed by atoms with van der Waals surface area (Å²) in [5, 5.41) is 5.86. The van der Waals surface area contributed by atoms with Crippen LogP contribution in [0, 0.1) is 0 Å². The maximum absolute atomic E-state index is 13.7. The van der Waals surface area contributed by atoms with Gasteiger partial charge in [-0.15, -0.1) is 0 Å². The lowest BCUT2D eigenvalue weighted by atomic mass is 10.2. The van der Waals surface area contributed by atoms with Crippen molar-refractivity contribution >= 4 is 23.6 Å². The SMILES string of the molecule is O=C1CC(Nc2nc(NC3CCC(F)(F)C3)nc(-c3cccc(C(F)(F)F)n3)n2)CN1c1ccccn1. The molecule has 1 amide bonds. The molecule has 1 aliphatic heterocycles. The summed E-state index contributed by atoms with van der Waals surface area (Å²) < 4.78 is 67.0. The molecule has 2 atom stereocenters.